The molecule has 1 amide bonds. The van der Waals surface area contributed by atoms with E-state index in [0.717, 1.165) is 43.2 Å². The van der Waals surface area contributed by atoms with Crippen molar-refractivity contribution in [3.8, 4) is 0 Å². The summed E-state index contributed by atoms with van der Waals surface area (Å²) in [6.07, 6.45) is 7.92. The SMILES string of the molecule is CN(C)C(=O)C1CCN(c2nccn3c(C4CC4)nnc23)CC1. The molecule has 1 saturated carbocycles. The molecule has 3 heterocycles. The van der Waals surface area contributed by atoms with Gasteiger partial charge in [0.25, 0.3) is 0 Å². The van der Waals surface area contributed by atoms with Gasteiger partial charge in [-0.1, -0.05) is 0 Å². The van der Waals surface area contributed by atoms with Gasteiger partial charge in [-0.3, -0.25) is 9.20 Å². The van der Waals surface area contributed by atoms with Gasteiger partial charge in [0, 0.05) is 51.4 Å². The highest BCUT2D eigenvalue weighted by atomic mass is 16.2. The van der Waals surface area contributed by atoms with Crippen LogP contribution in [0.15, 0.2) is 12.4 Å². The number of carbonyl (C=O) groups is 1. The highest BCUT2D eigenvalue weighted by Crippen LogP contribution is 2.39. The van der Waals surface area contributed by atoms with E-state index in [1.165, 1.54) is 12.8 Å². The zero-order valence-corrected chi connectivity index (χ0v) is 13.6. The summed E-state index contributed by atoms with van der Waals surface area (Å²) in [5.41, 5.74) is 0.840. The van der Waals surface area contributed by atoms with E-state index in [1.807, 2.05) is 26.5 Å². The van der Waals surface area contributed by atoms with Crippen molar-refractivity contribution in [1.29, 1.82) is 0 Å². The first-order valence-corrected chi connectivity index (χ1v) is 8.31. The topological polar surface area (TPSA) is 66.6 Å². The van der Waals surface area contributed by atoms with E-state index in [2.05, 4.69) is 24.5 Å². The van der Waals surface area contributed by atoms with Gasteiger partial charge in [-0.25, -0.2) is 4.98 Å². The van der Waals surface area contributed by atoms with Crippen LogP contribution in [0.4, 0.5) is 5.82 Å². The summed E-state index contributed by atoms with van der Waals surface area (Å²) >= 11 is 0. The fourth-order valence-electron chi connectivity index (χ4n) is 3.38. The molecule has 4 rings (SSSR count). The molecule has 0 radical (unpaired) electrons. The molecule has 2 fully saturated rings. The van der Waals surface area contributed by atoms with Crippen molar-refractivity contribution >= 4 is 17.4 Å². The van der Waals surface area contributed by atoms with Gasteiger partial charge < -0.3 is 9.80 Å². The molecule has 0 N–H and O–H groups in total. The molecule has 0 unspecified atom stereocenters. The van der Waals surface area contributed by atoms with E-state index >= 15 is 0 Å². The van der Waals surface area contributed by atoms with Crippen molar-refractivity contribution in [2.24, 2.45) is 5.92 Å². The molecule has 0 aromatic carbocycles. The van der Waals surface area contributed by atoms with Crippen LogP contribution >= 0.6 is 0 Å². The molecule has 0 spiro atoms. The number of amides is 1. The van der Waals surface area contributed by atoms with Gasteiger partial charge in [-0.05, 0) is 25.7 Å². The maximum absolute atomic E-state index is 12.1. The molecule has 122 valence electrons. The van der Waals surface area contributed by atoms with Gasteiger partial charge in [0.1, 0.15) is 5.82 Å². The van der Waals surface area contributed by atoms with E-state index in [-0.39, 0.29) is 11.8 Å². The summed E-state index contributed by atoms with van der Waals surface area (Å²) in [6, 6.07) is 0. The average Bonchev–Trinajstić information content (AvgIpc) is 3.32. The summed E-state index contributed by atoms with van der Waals surface area (Å²) in [7, 11) is 3.65. The summed E-state index contributed by atoms with van der Waals surface area (Å²) in [5, 5.41) is 8.74. The fourth-order valence-corrected chi connectivity index (χ4v) is 3.38. The van der Waals surface area contributed by atoms with Gasteiger partial charge in [0.05, 0.1) is 0 Å². The predicted molar refractivity (Wildman–Crippen MR) is 86.4 cm³/mol. The van der Waals surface area contributed by atoms with E-state index < -0.39 is 0 Å². The van der Waals surface area contributed by atoms with E-state index in [4.69, 9.17) is 0 Å². The Morgan fingerprint density at radius 1 is 1.17 bits per heavy atom. The van der Waals surface area contributed by atoms with Crippen LogP contribution in [0.3, 0.4) is 0 Å². The van der Waals surface area contributed by atoms with Crippen LogP contribution in [0.2, 0.25) is 0 Å². The van der Waals surface area contributed by atoms with Crippen molar-refractivity contribution in [1.82, 2.24) is 24.5 Å². The minimum Gasteiger partial charge on any atom is -0.353 e. The van der Waals surface area contributed by atoms with Crippen molar-refractivity contribution in [3.63, 3.8) is 0 Å². The third-order valence-corrected chi connectivity index (χ3v) is 4.86. The molecule has 1 saturated heterocycles. The standard InChI is InChI=1S/C16H22N6O/c1-20(2)16(23)12-5-8-21(9-6-12)14-15-19-18-13(11-3-4-11)22(15)10-7-17-14/h7,10-12H,3-6,8-9H2,1-2H3. The monoisotopic (exact) mass is 314 g/mol. The zero-order valence-electron chi connectivity index (χ0n) is 13.6. The van der Waals surface area contributed by atoms with Crippen LogP contribution in [0, 0.1) is 5.92 Å². The summed E-state index contributed by atoms with van der Waals surface area (Å²) in [5.74, 6) is 2.86. The smallest absolute Gasteiger partial charge is 0.225 e. The Balaban J connectivity index is 1.55. The van der Waals surface area contributed by atoms with Crippen LogP contribution in [0.1, 0.15) is 37.4 Å². The van der Waals surface area contributed by atoms with Crippen molar-refractivity contribution < 1.29 is 4.79 Å². The zero-order chi connectivity index (χ0) is 16.0. The second-order valence-electron chi connectivity index (χ2n) is 6.77. The lowest BCUT2D eigenvalue weighted by molar-refractivity contribution is -0.133. The largest absolute Gasteiger partial charge is 0.353 e. The maximum Gasteiger partial charge on any atom is 0.225 e. The Labute approximate surface area is 135 Å². The fraction of sp³-hybridized carbons (Fsp3) is 0.625. The summed E-state index contributed by atoms with van der Waals surface area (Å²) < 4.78 is 2.08. The second kappa shape index (κ2) is 5.47. The van der Waals surface area contributed by atoms with E-state index in [9.17, 15) is 4.79 Å². The lowest BCUT2D eigenvalue weighted by atomic mass is 9.95. The lowest BCUT2D eigenvalue weighted by Crippen LogP contribution is -2.40. The van der Waals surface area contributed by atoms with Gasteiger partial charge in [0.2, 0.25) is 11.6 Å². The van der Waals surface area contributed by atoms with Crippen LogP contribution in [-0.4, -0.2) is 57.6 Å². The molecule has 23 heavy (non-hydrogen) atoms. The molecular weight excluding hydrogens is 292 g/mol. The second-order valence-corrected chi connectivity index (χ2v) is 6.77. The third-order valence-electron chi connectivity index (χ3n) is 4.86. The van der Waals surface area contributed by atoms with Gasteiger partial charge in [-0.2, -0.15) is 0 Å². The average molecular weight is 314 g/mol. The van der Waals surface area contributed by atoms with Gasteiger partial charge >= 0.3 is 0 Å². The first-order valence-electron chi connectivity index (χ1n) is 8.31. The number of aromatic nitrogens is 4. The number of carbonyl (C=O) groups excluding carboxylic acids is 1. The number of anilines is 1. The van der Waals surface area contributed by atoms with E-state index in [0.29, 0.717) is 5.92 Å². The Kier molecular flexibility index (Phi) is 3.43. The minimum absolute atomic E-state index is 0.126. The van der Waals surface area contributed by atoms with Crippen LogP contribution in [0.25, 0.3) is 5.65 Å². The molecule has 0 bridgehead atoms. The van der Waals surface area contributed by atoms with Gasteiger partial charge in [-0.15, -0.1) is 10.2 Å². The first-order chi connectivity index (χ1) is 11.1. The minimum atomic E-state index is 0.126. The normalized spacial score (nSPS) is 19.3. The predicted octanol–water partition coefficient (Wildman–Crippen LogP) is 1.31. The third kappa shape index (κ3) is 2.54. The van der Waals surface area contributed by atoms with Crippen molar-refractivity contribution in [3.05, 3.63) is 18.2 Å². The maximum atomic E-state index is 12.1. The highest BCUT2D eigenvalue weighted by Gasteiger charge is 2.31. The van der Waals surface area contributed by atoms with Crippen molar-refractivity contribution in [2.45, 2.75) is 31.6 Å². The number of hydrogen-bond acceptors (Lipinski definition) is 5. The Morgan fingerprint density at radius 3 is 2.57 bits per heavy atom. The number of piperidine rings is 1. The molecule has 2 aliphatic rings. The molecule has 2 aromatic rings. The van der Waals surface area contributed by atoms with E-state index in [1.54, 1.807) is 4.90 Å². The highest BCUT2D eigenvalue weighted by molar-refractivity contribution is 5.78. The lowest BCUT2D eigenvalue weighted by Gasteiger charge is -2.33. The molecule has 2 aromatic heterocycles. The Morgan fingerprint density at radius 2 is 1.91 bits per heavy atom. The molecule has 1 aliphatic carbocycles. The molecule has 7 nitrogen and oxygen atoms in total. The van der Waals surface area contributed by atoms with Crippen molar-refractivity contribution in [2.75, 3.05) is 32.1 Å². The Bertz CT molecular complexity index is 727. The van der Waals surface area contributed by atoms with Crippen LogP contribution in [0.5, 0.6) is 0 Å². The van der Waals surface area contributed by atoms with Crippen LogP contribution < -0.4 is 4.90 Å². The summed E-state index contributed by atoms with van der Waals surface area (Å²) in [6.45, 7) is 1.67. The van der Waals surface area contributed by atoms with Crippen LogP contribution in [-0.2, 0) is 4.79 Å². The first kappa shape index (κ1) is 14.4. The molecular formula is C16H22N6O. The van der Waals surface area contributed by atoms with Gasteiger partial charge in [0.15, 0.2) is 5.82 Å². The number of hydrogen-bond donors (Lipinski definition) is 0. The molecule has 1 aliphatic heterocycles. The number of rotatable bonds is 3. The molecule has 7 heteroatoms. The Hall–Kier alpha value is -2.18. The summed E-state index contributed by atoms with van der Waals surface area (Å²) in [4.78, 5) is 20.6. The number of nitrogens with zero attached hydrogens (tertiary/aromatic N) is 6. The molecule has 0 atom stereocenters. The number of fused-ring (bicyclic) bond motifs is 1. The quantitative estimate of drug-likeness (QED) is 0.854.